The van der Waals surface area contributed by atoms with Crippen LogP contribution in [0.4, 0.5) is 26.3 Å². The molecular formula is C9H2ClF6IO. The molecule has 1 aromatic rings. The van der Waals surface area contributed by atoms with Gasteiger partial charge in [0, 0.05) is 3.57 Å². The van der Waals surface area contributed by atoms with Crippen LogP contribution in [-0.4, -0.2) is 5.24 Å². The van der Waals surface area contributed by atoms with Crippen molar-refractivity contribution in [2.75, 3.05) is 0 Å². The molecule has 0 saturated carbocycles. The molecule has 0 N–H and O–H groups in total. The minimum absolute atomic E-state index is 0.272. The second kappa shape index (κ2) is 4.87. The molecule has 0 atom stereocenters. The minimum atomic E-state index is -5.33. The predicted molar refractivity (Wildman–Crippen MR) is 59.3 cm³/mol. The first-order valence-corrected chi connectivity index (χ1v) is 5.58. The van der Waals surface area contributed by atoms with E-state index in [2.05, 4.69) is 0 Å². The molecule has 100 valence electrons. The maximum absolute atomic E-state index is 12.7. The normalized spacial score (nSPS) is 12.7. The zero-order chi connectivity index (χ0) is 14.3. The van der Waals surface area contributed by atoms with Crippen molar-refractivity contribution in [2.24, 2.45) is 0 Å². The highest BCUT2D eigenvalue weighted by molar-refractivity contribution is 14.1. The number of carbonyl (C=O) groups excluding carboxylic acids is 1. The summed E-state index contributed by atoms with van der Waals surface area (Å²) in [5.41, 5.74) is -5.17. The summed E-state index contributed by atoms with van der Waals surface area (Å²) >= 11 is 6.24. The lowest BCUT2D eigenvalue weighted by atomic mass is 10.0. The standard InChI is InChI=1S/C9H2ClF6IO/c10-7(18)5-4(17)2-1-3(8(11,12)13)6(5)9(14,15)16/h1-2H. The second-order valence-electron chi connectivity index (χ2n) is 3.11. The van der Waals surface area contributed by atoms with Gasteiger partial charge >= 0.3 is 12.4 Å². The molecule has 0 aliphatic carbocycles. The van der Waals surface area contributed by atoms with Crippen LogP contribution < -0.4 is 0 Å². The molecule has 1 rings (SSSR count). The molecule has 0 amide bonds. The SMILES string of the molecule is O=C(Cl)c1c(I)ccc(C(F)(F)F)c1C(F)(F)F. The Morgan fingerprint density at radius 2 is 1.56 bits per heavy atom. The van der Waals surface area contributed by atoms with Crippen LogP contribution in [0.25, 0.3) is 0 Å². The van der Waals surface area contributed by atoms with Crippen molar-refractivity contribution >= 4 is 39.4 Å². The maximum Gasteiger partial charge on any atom is 0.417 e. The van der Waals surface area contributed by atoms with Crippen LogP contribution in [0.15, 0.2) is 12.1 Å². The van der Waals surface area contributed by atoms with Crippen molar-refractivity contribution < 1.29 is 31.1 Å². The Kier molecular flexibility index (Phi) is 4.21. The fourth-order valence-electron chi connectivity index (χ4n) is 1.30. The summed E-state index contributed by atoms with van der Waals surface area (Å²) in [4.78, 5) is 10.9. The Bertz CT molecular complexity index is 493. The van der Waals surface area contributed by atoms with Crippen molar-refractivity contribution in [2.45, 2.75) is 12.4 Å². The summed E-state index contributed by atoms with van der Waals surface area (Å²) in [5, 5.41) is -1.59. The van der Waals surface area contributed by atoms with Crippen molar-refractivity contribution in [3.8, 4) is 0 Å². The number of benzene rings is 1. The molecule has 0 saturated heterocycles. The van der Waals surface area contributed by atoms with Crippen molar-refractivity contribution in [3.63, 3.8) is 0 Å². The number of carbonyl (C=O) groups is 1. The molecule has 0 unspecified atom stereocenters. The van der Waals surface area contributed by atoms with Crippen molar-refractivity contribution in [1.82, 2.24) is 0 Å². The van der Waals surface area contributed by atoms with E-state index in [-0.39, 0.29) is 9.64 Å². The fourth-order valence-corrected chi connectivity index (χ4v) is 2.35. The third-order valence-corrected chi connectivity index (χ3v) is 3.03. The van der Waals surface area contributed by atoms with E-state index < -0.39 is 34.3 Å². The summed E-state index contributed by atoms with van der Waals surface area (Å²) in [7, 11) is 0. The Hall–Kier alpha value is -0.510. The van der Waals surface area contributed by atoms with E-state index in [4.69, 9.17) is 11.6 Å². The fraction of sp³-hybridized carbons (Fsp3) is 0.222. The molecule has 0 radical (unpaired) electrons. The topological polar surface area (TPSA) is 17.1 Å². The van der Waals surface area contributed by atoms with E-state index in [1.54, 1.807) is 0 Å². The highest BCUT2D eigenvalue weighted by Gasteiger charge is 2.46. The lowest BCUT2D eigenvalue weighted by Gasteiger charge is -2.18. The van der Waals surface area contributed by atoms with E-state index in [0.717, 1.165) is 6.07 Å². The minimum Gasteiger partial charge on any atom is -0.276 e. The van der Waals surface area contributed by atoms with Crippen LogP contribution in [0.5, 0.6) is 0 Å². The van der Waals surface area contributed by atoms with Gasteiger partial charge in [0.1, 0.15) is 0 Å². The van der Waals surface area contributed by atoms with E-state index in [1.807, 2.05) is 0 Å². The zero-order valence-electron chi connectivity index (χ0n) is 8.09. The molecular weight excluding hydrogens is 400 g/mol. The molecule has 0 heterocycles. The first-order valence-electron chi connectivity index (χ1n) is 4.13. The first-order chi connectivity index (χ1) is 7.96. The average molecular weight is 402 g/mol. The summed E-state index contributed by atoms with van der Waals surface area (Å²) in [6.07, 6.45) is -10.6. The molecule has 9 heteroatoms. The van der Waals surface area contributed by atoms with Crippen LogP contribution in [-0.2, 0) is 12.4 Å². The Morgan fingerprint density at radius 1 is 1.06 bits per heavy atom. The lowest BCUT2D eigenvalue weighted by Crippen LogP contribution is -2.21. The monoisotopic (exact) mass is 402 g/mol. The van der Waals surface area contributed by atoms with Crippen LogP contribution >= 0.6 is 34.2 Å². The van der Waals surface area contributed by atoms with Gasteiger partial charge < -0.3 is 0 Å². The van der Waals surface area contributed by atoms with Gasteiger partial charge in [-0.25, -0.2) is 0 Å². The van der Waals surface area contributed by atoms with Gasteiger partial charge in [-0.2, -0.15) is 26.3 Å². The van der Waals surface area contributed by atoms with Gasteiger partial charge in [-0.15, -0.1) is 0 Å². The van der Waals surface area contributed by atoms with Crippen molar-refractivity contribution in [1.29, 1.82) is 0 Å². The van der Waals surface area contributed by atoms with E-state index in [1.165, 1.54) is 22.6 Å². The molecule has 0 bridgehead atoms. The Labute approximate surface area is 115 Å². The van der Waals surface area contributed by atoms with Gasteiger partial charge in [0.15, 0.2) is 0 Å². The Balaban J connectivity index is 3.78. The third kappa shape index (κ3) is 3.08. The molecule has 0 aliphatic heterocycles. The van der Waals surface area contributed by atoms with E-state index >= 15 is 0 Å². The lowest BCUT2D eigenvalue weighted by molar-refractivity contribution is -0.162. The van der Waals surface area contributed by atoms with Gasteiger partial charge in [0.05, 0.1) is 16.7 Å². The number of hydrogen-bond donors (Lipinski definition) is 0. The third-order valence-electron chi connectivity index (χ3n) is 1.94. The molecule has 0 aliphatic rings. The predicted octanol–water partition coefficient (Wildman–Crippen LogP) is 4.71. The number of hydrogen-bond acceptors (Lipinski definition) is 1. The molecule has 1 nitrogen and oxygen atoms in total. The van der Waals surface area contributed by atoms with Crippen LogP contribution in [0, 0.1) is 3.57 Å². The van der Waals surface area contributed by atoms with E-state index in [0.29, 0.717) is 0 Å². The van der Waals surface area contributed by atoms with Crippen LogP contribution in [0.3, 0.4) is 0 Å². The van der Waals surface area contributed by atoms with Gasteiger partial charge in [-0.1, -0.05) is 0 Å². The molecule has 18 heavy (non-hydrogen) atoms. The van der Waals surface area contributed by atoms with Crippen molar-refractivity contribution in [3.05, 3.63) is 32.4 Å². The van der Waals surface area contributed by atoms with Gasteiger partial charge in [-0.3, -0.25) is 4.79 Å². The van der Waals surface area contributed by atoms with Gasteiger partial charge in [0.25, 0.3) is 5.24 Å². The largest absolute Gasteiger partial charge is 0.417 e. The second-order valence-corrected chi connectivity index (χ2v) is 4.62. The maximum atomic E-state index is 12.7. The molecule has 1 aromatic carbocycles. The van der Waals surface area contributed by atoms with Crippen LogP contribution in [0.1, 0.15) is 21.5 Å². The number of halogens is 8. The Morgan fingerprint density at radius 3 is 1.89 bits per heavy atom. The zero-order valence-corrected chi connectivity index (χ0v) is 11.0. The number of alkyl halides is 6. The first kappa shape index (κ1) is 15.5. The number of rotatable bonds is 1. The highest BCUT2D eigenvalue weighted by Crippen LogP contribution is 2.43. The smallest absolute Gasteiger partial charge is 0.276 e. The quantitative estimate of drug-likeness (QED) is 0.378. The molecule has 0 aromatic heterocycles. The molecule has 0 spiro atoms. The van der Waals surface area contributed by atoms with Gasteiger partial charge in [0.2, 0.25) is 0 Å². The molecule has 0 fully saturated rings. The summed E-state index contributed by atoms with van der Waals surface area (Å²) in [6.45, 7) is 0. The van der Waals surface area contributed by atoms with E-state index in [9.17, 15) is 31.1 Å². The van der Waals surface area contributed by atoms with Crippen LogP contribution in [0.2, 0.25) is 0 Å². The average Bonchev–Trinajstić information content (AvgIpc) is 2.12. The summed E-state index contributed by atoms with van der Waals surface area (Å²) in [6, 6.07) is 1.03. The summed E-state index contributed by atoms with van der Waals surface area (Å²) < 4.78 is 75.2. The van der Waals surface area contributed by atoms with Gasteiger partial charge in [-0.05, 0) is 46.3 Å². The highest BCUT2D eigenvalue weighted by atomic mass is 127. The summed E-state index contributed by atoms with van der Waals surface area (Å²) in [5.74, 6) is 0.